The van der Waals surface area contributed by atoms with Gasteiger partial charge in [0.05, 0.1) is 22.8 Å². The molecule has 1 N–H and O–H groups in total. The average Bonchev–Trinajstić information content (AvgIpc) is 3.08. The lowest BCUT2D eigenvalue weighted by molar-refractivity contribution is -0.385. The van der Waals surface area contributed by atoms with Gasteiger partial charge in [-0.1, -0.05) is 18.2 Å². The van der Waals surface area contributed by atoms with Crippen LogP contribution < -0.4 is 15.2 Å². The topological polar surface area (TPSA) is 102 Å². The van der Waals surface area contributed by atoms with Crippen molar-refractivity contribution in [1.82, 2.24) is 5.43 Å². The van der Waals surface area contributed by atoms with Gasteiger partial charge in [-0.25, -0.2) is 0 Å². The summed E-state index contributed by atoms with van der Waals surface area (Å²) in [6, 6.07) is 11.9. The Balaban J connectivity index is 1.45. The fraction of sp³-hybridized carbons (Fsp3) is 0.263. The van der Waals surface area contributed by atoms with Gasteiger partial charge in [0.1, 0.15) is 5.75 Å². The van der Waals surface area contributed by atoms with Gasteiger partial charge in [-0.15, -0.1) is 0 Å². The van der Waals surface area contributed by atoms with Gasteiger partial charge in [-0.2, -0.15) is 0 Å². The minimum absolute atomic E-state index is 0.0389. The molecule has 0 fully saturated rings. The van der Waals surface area contributed by atoms with Crippen LogP contribution in [0.25, 0.3) is 0 Å². The highest BCUT2D eigenvalue weighted by Gasteiger charge is 2.19. The van der Waals surface area contributed by atoms with Crippen molar-refractivity contribution >= 4 is 23.6 Å². The van der Waals surface area contributed by atoms with E-state index >= 15 is 0 Å². The Kier molecular flexibility index (Phi) is 5.65. The molecule has 0 spiro atoms. The first-order valence-electron chi connectivity index (χ1n) is 8.60. The molecule has 8 heteroatoms. The highest BCUT2D eigenvalue weighted by molar-refractivity contribution is 5.82. The van der Waals surface area contributed by atoms with E-state index in [1.54, 1.807) is 0 Å². The molecule has 0 aromatic heterocycles. The number of hydrazine groups is 1. The van der Waals surface area contributed by atoms with Crippen molar-refractivity contribution in [2.24, 2.45) is 0 Å². The van der Waals surface area contributed by atoms with Crippen LogP contribution in [0.3, 0.4) is 0 Å². The molecule has 0 atom stereocenters. The number of ether oxygens (including phenoxy) is 1. The number of anilines is 1. The number of aldehydes is 1. The Labute approximate surface area is 155 Å². The molecule has 27 heavy (non-hydrogen) atoms. The molecular weight excluding hydrogens is 350 g/mol. The van der Waals surface area contributed by atoms with Crippen LogP contribution in [-0.4, -0.2) is 30.3 Å². The van der Waals surface area contributed by atoms with Crippen molar-refractivity contribution in [3.05, 3.63) is 63.7 Å². The zero-order chi connectivity index (χ0) is 19.2. The van der Waals surface area contributed by atoms with Crippen molar-refractivity contribution < 1.29 is 19.2 Å². The third kappa shape index (κ3) is 4.41. The van der Waals surface area contributed by atoms with Crippen molar-refractivity contribution in [3.8, 4) is 5.75 Å². The summed E-state index contributed by atoms with van der Waals surface area (Å²) in [4.78, 5) is 33.2. The largest absolute Gasteiger partial charge is 0.494 e. The number of nitrogens with one attached hydrogen (secondary N) is 1. The first-order chi connectivity index (χ1) is 13.1. The second-order valence-corrected chi connectivity index (χ2v) is 6.11. The van der Waals surface area contributed by atoms with Crippen LogP contribution in [-0.2, 0) is 11.2 Å². The van der Waals surface area contributed by atoms with Gasteiger partial charge in [0, 0.05) is 19.0 Å². The summed E-state index contributed by atoms with van der Waals surface area (Å²) in [6.45, 7) is 1.01. The molecule has 3 rings (SSSR count). The zero-order valence-electron chi connectivity index (χ0n) is 14.6. The van der Waals surface area contributed by atoms with Crippen LogP contribution in [0.4, 0.5) is 11.4 Å². The molecule has 0 saturated carbocycles. The van der Waals surface area contributed by atoms with Gasteiger partial charge in [-0.3, -0.25) is 30.1 Å². The lowest BCUT2D eigenvalue weighted by atomic mass is 10.2. The quantitative estimate of drug-likeness (QED) is 0.332. The van der Waals surface area contributed by atoms with Crippen molar-refractivity contribution in [1.29, 1.82) is 0 Å². The number of carbonyl (C=O) groups excluding carboxylic acids is 2. The van der Waals surface area contributed by atoms with E-state index < -0.39 is 4.92 Å². The number of rotatable bonds is 8. The summed E-state index contributed by atoms with van der Waals surface area (Å²) < 4.78 is 5.48. The normalized spacial score (nSPS) is 12.4. The predicted octanol–water partition coefficient (Wildman–Crippen LogP) is 2.66. The summed E-state index contributed by atoms with van der Waals surface area (Å²) in [5, 5.41) is 12.7. The van der Waals surface area contributed by atoms with Gasteiger partial charge in [0.25, 0.3) is 5.69 Å². The number of amides is 1. The fourth-order valence-electron chi connectivity index (χ4n) is 2.97. The fourth-order valence-corrected chi connectivity index (χ4v) is 2.97. The van der Waals surface area contributed by atoms with Gasteiger partial charge < -0.3 is 4.74 Å². The highest BCUT2D eigenvalue weighted by atomic mass is 16.6. The molecule has 0 bridgehead atoms. The molecule has 1 amide bonds. The highest BCUT2D eigenvalue weighted by Crippen LogP contribution is 2.25. The van der Waals surface area contributed by atoms with E-state index in [4.69, 9.17) is 4.74 Å². The number of carbonyl (C=O) groups is 2. The summed E-state index contributed by atoms with van der Waals surface area (Å²) in [5.41, 5.74) is 4.82. The van der Waals surface area contributed by atoms with E-state index in [0.29, 0.717) is 18.5 Å². The minimum Gasteiger partial charge on any atom is -0.494 e. The van der Waals surface area contributed by atoms with Crippen LogP contribution in [0.5, 0.6) is 5.75 Å². The molecule has 1 aliphatic heterocycles. The van der Waals surface area contributed by atoms with E-state index in [1.807, 2.05) is 29.3 Å². The summed E-state index contributed by atoms with van der Waals surface area (Å²) in [6.07, 6.45) is 2.09. The van der Waals surface area contributed by atoms with Gasteiger partial charge in [0.2, 0.25) is 5.91 Å². The van der Waals surface area contributed by atoms with Crippen LogP contribution in [0.1, 0.15) is 28.8 Å². The SMILES string of the molecule is O=Cc1cc(OCCCC(=O)NN2CCc3ccccc32)ccc1[N+](=O)[O-]. The van der Waals surface area contributed by atoms with Crippen molar-refractivity contribution in [3.63, 3.8) is 0 Å². The summed E-state index contributed by atoms with van der Waals surface area (Å²) in [7, 11) is 0. The van der Waals surface area contributed by atoms with Crippen molar-refractivity contribution in [2.45, 2.75) is 19.3 Å². The molecule has 2 aromatic carbocycles. The monoisotopic (exact) mass is 369 g/mol. The second kappa shape index (κ2) is 8.31. The third-order valence-electron chi connectivity index (χ3n) is 4.29. The zero-order valence-corrected chi connectivity index (χ0v) is 14.6. The standard InChI is InChI=1S/C19H19N3O5/c23-13-15-12-16(7-8-18(15)22(25)26)27-11-3-6-19(24)20-21-10-9-14-4-1-2-5-17(14)21/h1-2,4-5,7-8,12-13H,3,6,9-11H2,(H,20,24). The average molecular weight is 369 g/mol. The van der Waals surface area contributed by atoms with E-state index in [-0.39, 0.29) is 30.2 Å². The molecular formula is C19H19N3O5. The van der Waals surface area contributed by atoms with Gasteiger partial charge in [-0.05, 0) is 36.6 Å². The van der Waals surface area contributed by atoms with Crippen LogP contribution in [0.15, 0.2) is 42.5 Å². The maximum absolute atomic E-state index is 12.1. The maximum Gasteiger partial charge on any atom is 0.280 e. The number of benzene rings is 2. The van der Waals surface area contributed by atoms with E-state index in [9.17, 15) is 19.7 Å². The molecule has 1 aliphatic rings. The first-order valence-corrected chi connectivity index (χ1v) is 8.60. The Hall–Kier alpha value is -3.42. The van der Waals surface area contributed by atoms with Crippen LogP contribution in [0, 0.1) is 10.1 Å². The van der Waals surface area contributed by atoms with E-state index in [0.717, 1.165) is 18.7 Å². The Morgan fingerprint density at radius 3 is 2.89 bits per heavy atom. The van der Waals surface area contributed by atoms with E-state index in [2.05, 4.69) is 5.43 Å². The van der Waals surface area contributed by atoms with E-state index in [1.165, 1.54) is 23.8 Å². The van der Waals surface area contributed by atoms with Crippen LogP contribution in [0.2, 0.25) is 0 Å². The number of para-hydroxylation sites is 1. The Morgan fingerprint density at radius 1 is 1.30 bits per heavy atom. The summed E-state index contributed by atoms with van der Waals surface area (Å²) in [5.74, 6) is 0.254. The second-order valence-electron chi connectivity index (χ2n) is 6.11. The molecule has 2 aromatic rings. The molecule has 1 heterocycles. The minimum atomic E-state index is -0.617. The number of hydrogen-bond acceptors (Lipinski definition) is 6. The van der Waals surface area contributed by atoms with Gasteiger partial charge in [0.15, 0.2) is 6.29 Å². The number of hydrogen-bond donors (Lipinski definition) is 1. The summed E-state index contributed by atoms with van der Waals surface area (Å²) >= 11 is 0. The molecule has 0 unspecified atom stereocenters. The van der Waals surface area contributed by atoms with Crippen LogP contribution >= 0.6 is 0 Å². The molecule has 8 nitrogen and oxygen atoms in total. The van der Waals surface area contributed by atoms with Crippen molar-refractivity contribution in [2.75, 3.05) is 18.2 Å². The third-order valence-corrected chi connectivity index (χ3v) is 4.29. The lowest BCUT2D eigenvalue weighted by Crippen LogP contribution is -2.41. The Bertz CT molecular complexity index is 868. The first kappa shape index (κ1) is 18.4. The van der Waals surface area contributed by atoms with Gasteiger partial charge >= 0.3 is 0 Å². The maximum atomic E-state index is 12.1. The molecule has 140 valence electrons. The number of nitrogens with zero attached hydrogens (tertiary/aromatic N) is 2. The lowest BCUT2D eigenvalue weighted by Gasteiger charge is -2.20. The number of nitro benzene ring substituents is 1. The smallest absolute Gasteiger partial charge is 0.280 e. The molecule has 0 aliphatic carbocycles. The molecule has 0 saturated heterocycles. The molecule has 0 radical (unpaired) electrons. The number of fused-ring (bicyclic) bond motifs is 1. The Morgan fingerprint density at radius 2 is 2.11 bits per heavy atom. The predicted molar refractivity (Wildman–Crippen MR) is 98.8 cm³/mol. The number of nitro groups is 1.